The molecule has 1 aromatic rings. The third-order valence-electron chi connectivity index (χ3n) is 2.63. The highest BCUT2D eigenvalue weighted by Crippen LogP contribution is 2.12. The molecule has 1 aromatic heterocycles. The molecule has 2 heterocycles. The Morgan fingerprint density at radius 1 is 1.67 bits per heavy atom. The van der Waals surface area contributed by atoms with Crippen LogP contribution in [-0.2, 0) is 4.74 Å². The summed E-state index contributed by atoms with van der Waals surface area (Å²) in [4.78, 5) is 2.39. The Bertz CT molecular complexity index is 425. The molecule has 1 fully saturated rings. The van der Waals surface area contributed by atoms with Gasteiger partial charge in [-0.15, -0.1) is 11.3 Å². The molecule has 0 aliphatic carbocycles. The van der Waals surface area contributed by atoms with E-state index in [9.17, 15) is 0 Å². The van der Waals surface area contributed by atoms with E-state index >= 15 is 0 Å². The Balaban J connectivity index is 1.66. The van der Waals surface area contributed by atoms with Gasteiger partial charge in [-0.3, -0.25) is 5.43 Å². The van der Waals surface area contributed by atoms with Gasteiger partial charge < -0.3 is 10.1 Å². The second kappa shape index (κ2) is 6.82. The van der Waals surface area contributed by atoms with Crippen LogP contribution in [0.2, 0.25) is 0 Å². The van der Waals surface area contributed by atoms with E-state index in [0.29, 0.717) is 5.11 Å². The molecular weight excluding hydrogens is 266 g/mol. The van der Waals surface area contributed by atoms with Crippen molar-refractivity contribution in [1.82, 2.24) is 10.7 Å². The SMILES string of the molecule is Cc1ccc(/C=N\NC(=S)NC[C@H]2CCCO2)s1. The molecule has 0 amide bonds. The fourth-order valence-electron chi connectivity index (χ4n) is 1.73. The molecule has 0 unspecified atom stereocenters. The van der Waals surface area contributed by atoms with E-state index < -0.39 is 0 Å². The van der Waals surface area contributed by atoms with Crippen molar-refractivity contribution in [3.63, 3.8) is 0 Å². The molecule has 98 valence electrons. The van der Waals surface area contributed by atoms with Crippen molar-refractivity contribution in [1.29, 1.82) is 0 Å². The van der Waals surface area contributed by atoms with Crippen LogP contribution in [0.3, 0.4) is 0 Å². The zero-order valence-corrected chi connectivity index (χ0v) is 11.9. The maximum absolute atomic E-state index is 5.49. The number of hydrogen-bond acceptors (Lipinski definition) is 4. The summed E-state index contributed by atoms with van der Waals surface area (Å²) in [7, 11) is 0. The smallest absolute Gasteiger partial charge is 0.187 e. The van der Waals surface area contributed by atoms with Crippen molar-refractivity contribution in [3.05, 3.63) is 21.9 Å². The quantitative estimate of drug-likeness (QED) is 0.504. The highest BCUT2D eigenvalue weighted by atomic mass is 32.1. The minimum atomic E-state index is 0.286. The number of rotatable bonds is 4. The average molecular weight is 283 g/mol. The molecule has 2 N–H and O–H groups in total. The average Bonchev–Trinajstić information content (AvgIpc) is 2.98. The summed E-state index contributed by atoms with van der Waals surface area (Å²) in [5, 5.41) is 7.73. The first-order chi connectivity index (χ1) is 8.74. The maximum atomic E-state index is 5.49. The Morgan fingerprint density at radius 3 is 3.22 bits per heavy atom. The number of thiophene rings is 1. The van der Waals surface area contributed by atoms with E-state index in [1.54, 1.807) is 17.6 Å². The second-order valence-electron chi connectivity index (χ2n) is 4.16. The lowest BCUT2D eigenvalue weighted by molar-refractivity contribution is 0.114. The molecule has 6 heteroatoms. The lowest BCUT2D eigenvalue weighted by Crippen LogP contribution is -2.37. The summed E-state index contributed by atoms with van der Waals surface area (Å²) < 4.78 is 5.49. The van der Waals surface area contributed by atoms with Gasteiger partial charge in [-0.2, -0.15) is 5.10 Å². The third-order valence-corrected chi connectivity index (χ3v) is 3.80. The highest BCUT2D eigenvalue weighted by molar-refractivity contribution is 7.80. The predicted octanol–water partition coefficient (Wildman–Crippen LogP) is 2.03. The van der Waals surface area contributed by atoms with Crippen molar-refractivity contribution in [2.24, 2.45) is 5.10 Å². The molecule has 4 nitrogen and oxygen atoms in total. The van der Waals surface area contributed by atoms with Crippen LogP contribution in [0.25, 0.3) is 0 Å². The summed E-state index contributed by atoms with van der Waals surface area (Å²) in [6, 6.07) is 4.11. The van der Waals surface area contributed by atoms with Crippen molar-refractivity contribution in [2.45, 2.75) is 25.9 Å². The first-order valence-electron chi connectivity index (χ1n) is 5.99. The van der Waals surface area contributed by atoms with Crippen molar-refractivity contribution >= 4 is 34.9 Å². The van der Waals surface area contributed by atoms with Crippen LogP contribution >= 0.6 is 23.6 Å². The number of nitrogens with one attached hydrogen (secondary N) is 2. The second-order valence-corrected chi connectivity index (χ2v) is 5.89. The molecule has 2 rings (SSSR count). The number of thiocarbonyl (C=S) groups is 1. The lowest BCUT2D eigenvalue weighted by atomic mass is 10.2. The normalized spacial score (nSPS) is 19.3. The van der Waals surface area contributed by atoms with Crippen molar-refractivity contribution in [2.75, 3.05) is 13.2 Å². The van der Waals surface area contributed by atoms with Gasteiger partial charge in [0.25, 0.3) is 0 Å². The number of hydrazone groups is 1. The van der Waals surface area contributed by atoms with E-state index in [1.807, 2.05) is 6.07 Å². The monoisotopic (exact) mass is 283 g/mol. The highest BCUT2D eigenvalue weighted by Gasteiger charge is 2.14. The largest absolute Gasteiger partial charge is 0.376 e. The summed E-state index contributed by atoms with van der Waals surface area (Å²) >= 11 is 6.82. The third kappa shape index (κ3) is 4.36. The van der Waals surface area contributed by atoms with Gasteiger partial charge in [0.05, 0.1) is 12.3 Å². The standard InChI is InChI=1S/C12H17N3OS2/c1-9-4-5-11(18-9)8-14-15-12(17)13-7-10-3-2-6-16-10/h4-5,8,10H,2-3,6-7H2,1H3,(H2,13,15,17)/b14-8-/t10-/m1/s1. The molecule has 0 aromatic carbocycles. The van der Waals surface area contributed by atoms with Crippen LogP contribution in [0.15, 0.2) is 17.2 Å². The molecule has 18 heavy (non-hydrogen) atoms. The van der Waals surface area contributed by atoms with E-state index in [1.165, 1.54) is 4.88 Å². The Kier molecular flexibility index (Phi) is 5.10. The molecular formula is C12H17N3OS2. The van der Waals surface area contributed by atoms with Crippen molar-refractivity contribution < 1.29 is 4.74 Å². The molecule has 1 saturated heterocycles. The van der Waals surface area contributed by atoms with Crippen LogP contribution in [0.5, 0.6) is 0 Å². The fraction of sp³-hybridized carbons (Fsp3) is 0.500. The number of nitrogens with zero attached hydrogens (tertiary/aromatic N) is 1. The molecule has 1 aliphatic rings. The first kappa shape index (κ1) is 13.5. The molecule has 1 atom stereocenters. The van der Waals surface area contributed by atoms with Crippen LogP contribution in [0.4, 0.5) is 0 Å². The lowest BCUT2D eigenvalue weighted by Gasteiger charge is -2.11. The summed E-state index contributed by atoms with van der Waals surface area (Å²) in [5.74, 6) is 0. The fourth-order valence-corrected chi connectivity index (χ4v) is 2.61. The minimum Gasteiger partial charge on any atom is -0.376 e. The van der Waals surface area contributed by atoms with Gasteiger partial charge in [0.2, 0.25) is 0 Å². The topological polar surface area (TPSA) is 45.7 Å². The summed E-state index contributed by atoms with van der Waals surface area (Å²) in [6.45, 7) is 3.69. The molecule has 1 aliphatic heterocycles. The van der Waals surface area contributed by atoms with Crippen LogP contribution in [-0.4, -0.2) is 30.6 Å². The number of ether oxygens (including phenoxy) is 1. The minimum absolute atomic E-state index is 0.286. The summed E-state index contributed by atoms with van der Waals surface area (Å²) in [5.41, 5.74) is 2.81. The van der Waals surface area contributed by atoms with Gasteiger partial charge >= 0.3 is 0 Å². The van der Waals surface area contributed by atoms with Gasteiger partial charge in [-0.25, -0.2) is 0 Å². The van der Waals surface area contributed by atoms with E-state index in [4.69, 9.17) is 17.0 Å². The maximum Gasteiger partial charge on any atom is 0.187 e. The van der Waals surface area contributed by atoms with E-state index in [-0.39, 0.29) is 6.10 Å². The van der Waals surface area contributed by atoms with Gasteiger partial charge in [0, 0.05) is 22.9 Å². The van der Waals surface area contributed by atoms with E-state index in [0.717, 1.165) is 30.9 Å². The van der Waals surface area contributed by atoms with Crippen molar-refractivity contribution in [3.8, 4) is 0 Å². The zero-order chi connectivity index (χ0) is 12.8. The van der Waals surface area contributed by atoms with Crippen LogP contribution in [0.1, 0.15) is 22.6 Å². The molecule has 0 spiro atoms. The van der Waals surface area contributed by atoms with E-state index in [2.05, 4.69) is 28.8 Å². The van der Waals surface area contributed by atoms with Crippen LogP contribution < -0.4 is 10.7 Å². The first-order valence-corrected chi connectivity index (χ1v) is 7.21. The van der Waals surface area contributed by atoms with Crippen LogP contribution in [0, 0.1) is 6.92 Å². The molecule has 0 saturated carbocycles. The van der Waals surface area contributed by atoms with Gasteiger partial charge in [-0.1, -0.05) is 0 Å². The Labute approximate surface area is 116 Å². The Morgan fingerprint density at radius 2 is 2.56 bits per heavy atom. The number of aryl methyl sites for hydroxylation is 1. The molecule has 0 bridgehead atoms. The predicted molar refractivity (Wildman–Crippen MR) is 79.4 cm³/mol. The molecule has 0 radical (unpaired) electrons. The Hall–Kier alpha value is -0.980. The number of hydrogen-bond donors (Lipinski definition) is 2. The van der Waals surface area contributed by atoms with Gasteiger partial charge in [-0.05, 0) is 44.1 Å². The van der Waals surface area contributed by atoms with Gasteiger partial charge in [0.15, 0.2) is 5.11 Å². The van der Waals surface area contributed by atoms with Gasteiger partial charge in [0.1, 0.15) is 0 Å². The zero-order valence-electron chi connectivity index (χ0n) is 10.3. The summed E-state index contributed by atoms with van der Waals surface area (Å²) in [6.07, 6.45) is 4.31.